The Kier molecular flexibility index (Phi) is 5.15. The molecule has 0 bridgehead atoms. The van der Waals surface area contributed by atoms with E-state index in [1.165, 1.54) is 0 Å². The van der Waals surface area contributed by atoms with Crippen molar-refractivity contribution in [1.29, 1.82) is 0 Å². The molecule has 1 aromatic carbocycles. The van der Waals surface area contributed by atoms with Crippen molar-refractivity contribution in [3.63, 3.8) is 0 Å². The highest BCUT2D eigenvalue weighted by Gasteiger charge is 2.42. The van der Waals surface area contributed by atoms with Crippen molar-refractivity contribution >= 4 is 23.4 Å². The number of piperazine rings is 1. The number of hydrogen-bond donors (Lipinski definition) is 0. The number of carbonyl (C=O) groups is 3. The number of carbonyl (C=O) groups excluding carboxylic acids is 3. The number of hydrogen-bond acceptors (Lipinski definition) is 5. The molecule has 140 valence electrons. The van der Waals surface area contributed by atoms with E-state index in [1.807, 2.05) is 24.3 Å². The van der Waals surface area contributed by atoms with Crippen LogP contribution in [0.4, 0.5) is 5.69 Å². The first-order valence-electron chi connectivity index (χ1n) is 8.96. The predicted octanol–water partition coefficient (Wildman–Crippen LogP) is 1.13. The average Bonchev–Trinajstić information content (AvgIpc) is 2.92. The van der Waals surface area contributed by atoms with Gasteiger partial charge in [-0.05, 0) is 19.1 Å². The molecule has 1 aromatic rings. The number of imide groups is 1. The summed E-state index contributed by atoms with van der Waals surface area (Å²) in [6, 6.07) is 7.10. The quantitative estimate of drug-likeness (QED) is 0.754. The van der Waals surface area contributed by atoms with E-state index in [1.54, 1.807) is 25.9 Å². The highest BCUT2D eigenvalue weighted by Crippen LogP contribution is 2.24. The number of likely N-dealkylation sites (tertiary alicyclic amines) is 1. The van der Waals surface area contributed by atoms with Gasteiger partial charge in [-0.15, -0.1) is 0 Å². The molecule has 2 aliphatic heterocycles. The van der Waals surface area contributed by atoms with Crippen LogP contribution in [-0.2, 0) is 14.4 Å². The molecule has 0 saturated carbocycles. The van der Waals surface area contributed by atoms with Gasteiger partial charge < -0.3 is 14.5 Å². The van der Waals surface area contributed by atoms with E-state index in [0.29, 0.717) is 26.2 Å². The summed E-state index contributed by atoms with van der Waals surface area (Å²) in [5, 5.41) is 0. The van der Waals surface area contributed by atoms with Gasteiger partial charge in [0.15, 0.2) is 0 Å². The number of ether oxygens (including phenoxy) is 1. The molecule has 7 heteroatoms. The van der Waals surface area contributed by atoms with Crippen molar-refractivity contribution < 1.29 is 19.1 Å². The van der Waals surface area contributed by atoms with Gasteiger partial charge in [0, 0.05) is 50.3 Å². The molecule has 2 aliphatic rings. The summed E-state index contributed by atoms with van der Waals surface area (Å²) in [6.07, 6.45) is 0.195. The molecule has 2 fully saturated rings. The van der Waals surface area contributed by atoms with Crippen LogP contribution in [0, 0.1) is 5.92 Å². The fourth-order valence-corrected chi connectivity index (χ4v) is 3.58. The Morgan fingerprint density at radius 2 is 1.88 bits per heavy atom. The normalized spacial score (nSPS) is 22.0. The summed E-state index contributed by atoms with van der Waals surface area (Å²) in [4.78, 5) is 42.0. The first kappa shape index (κ1) is 18.2. The summed E-state index contributed by atoms with van der Waals surface area (Å²) >= 11 is 0. The van der Waals surface area contributed by atoms with Gasteiger partial charge in [-0.2, -0.15) is 0 Å². The van der Waals surface area contributed by atoms with E-state index >= 15 is 0 Å². The Labute approximate surface area is 153 Å². The van der Waals surface area contributed by atoms with E-state index in [2.05, 4.69) is 4.90 Å². The van der Waals surface area contributed by atoms with Crippen LogP contribution in [0.2, 0.25) is 0 Å². The Balaban J connectivity index is 1.61. The third-order valence-corrected chi connectivity index (χ3v) is 5.16. The van der Waals surface area contributed by atoms with Gasteiger partial charge in [0.05, 0.1) is 7.11 Å². The molecule has 0 radical (unpaired) electrons. The van der Waals surface area contributed by atoms with E-state index in [-0.39, 0.29) is 30.1 Å². The minimum atomic E-state index is -0.733. The van der Waals surface area contributed by atoms with Crippen LogP contribution in [0.3, 0.4) is 0 Å². The van der Waals surface area contributed by atoms with Crippen molar-refractivity contribution in [2.45, 2.75) is 26.3 Å². The van der Waals surface area contributed by atoms with Crippen LogP contribution >= 0.6 is 0 Å². The monoisotopic (exact) mass is 359 g/mol. The van der Waals surface area contributed by atoms with Crippen LogP contribution in [-0.4, -0.2) is 66.9 Å². The first-order valence-corrected chi connectivity index (χ1v) is 8.96. The van der Waals surface area contributed by atoms with Crippen molar-refractivity contribution in [2.75, 3.05) is 38.2 Å². The number of amides is 3. The molecule has 0 spiro atoms. The molecule has 2 saturated heterocycles. The summed E-state index contributed by atoms with van der Waals surface area (Å²) in [6.45, 7) is 5.89. The average molecular weight is 359 g/mol. The highest BCUT2D eigenvalue weighted by molar-refractivity contribution is 6.06. The minimum absolute atomic E-state index is 0.161. The van der Waals surface area contributed by atoms with Gasteiger partial charge in [0.2, 0.25) is 17.7 Å². The number of methoxy groups -OCH3 is 1. The summed E-state index contributed by atoms with van der Waals surface area (Å²) in [7, 11) is 1.64. The van der Waals surface area contributed by atoms with Gasteiger partial charge in [-0.1, -0.05) is 13.0 Å². The number of anilines is 1. The van der Waals surface area contributed by atoms with Crippen LogP contribution in [0.25, 0.3) is 0 Å². The summed E-state index contributed by atoms with van der Waals surface area (Å²) in [5.41, 5.74) is 1.06. The van der Waals surface area contributed by atoms with Crippen molar-refractivity contribution in [3.05, 3.63) is 24.3 Å². The second kappa shape index (κ2) is 7.35. The first-order chi connectivity index (χ1) is 12.4. The number of rotatable bonds is 4. The third-order valence-electron chi connectivity index (χ3n) is 5.16. The molecule has 2 heterocycles. The van der Waals surface area contributed by atoms with Crippen LogP contribution in [0.15, 0.2) is 24.3 Å². The maximum atomic E-state index is 12.8. The van der Waals surface area contributed by atoms with E-state index in [4.69, 9.17) is 4.74 Å². The lowest BCUT2D eigenvalue weighted by Gasteiger charge is -2.38. The lowest BCUT2D eigenvalue weighted by molar-refractivity contribution is -0.150. The molecule has 2 unspecified atom stereocenters. The second-order valence-corrected chi connectivity index (χ2v) is 6.90. The predicted molar refractivity (Wildman–Crippen MR) is 96.9 cm³/mol. The zero-order chi connectivity index (χ0) is 18.8. The lowest BCUT2D eigenvalue weighted by atomic mass is 10.1. The molecule has 2 atom stereocenters. The zero-order valence-electron chi connectivity index (χ0n) is 15.5. The van der Waals surface area contributed by atoms with Gasteiger partial charge in [-0.25, -0.2) is 0 Å². The fraction of sp³-hybridized carbons (Fsp3) is 0.526. The molecule has 26 heavy (non-hydrogen) atoms. The van der Waals surface area contributed by atoms with E-state index in [0.717, 1.165) is 16.3 Å². The number of nitrogens with zero attached hydrogens (tertiary/aromatic N) is 3. The smallest absolute Gasteiger partial charge is 0.245 e. The standard InChI is InChI=1S/C19H25N3O4/c1-13-11-17(23)22(18(13)24)14(2)19(25)21-9-7-20(8-10-21)15-5-4-6-16(12-15)26-3/h4-6,12-14H,7-11H2,1-3H3. The van der Waals surface area contributed by atoms with Crippen LogP contribution in [0.5, 0.6) is 5.75 Å². The SMILES string of the molecule is COc1cccc(N2CCN(C(=O)C(C)N3C(=O)CC(C)C3=O)CC2)c1. The van der Waals surface area contributed by atoms with E-state index in [9.17, 15) is 14.4 Å². The molecule has 3 amide bonds. The highest BCUT2D eigenvalue weighted by atomic mass is 16.5. The Morgan fingerprint density at radius 3 is 2.46 bits per heavy atom. The maximum absolute atomic E-state index is 12.8. The molecule has 7 nitrogen and oxygen atoms in total. The van der Waals surface area contributed by atoms with Gasteiger partial charge in [-0.3, -0.25) is 19.3 Å². The topological polar surface area (TPSA) is 70.2 Å². The molecule has 0 aliphatic carbocycles. The second-order valence-electron chi connectivity index (χ2n) is 6.90. The van der Waals surface area contributed by atoms with Crippen molar-refractivity contribution in [2.24, 2.45) is 5.92 Å². The van der Waals surface area contributed by atoms with Gasteiger partial charge in [0.1, 0.15) is 11.8 Å². The fourth-order valence-electron chi connectivity index (χ4n) is 3.58. The third kappa shape index (κ3) is 3.38. The molecule has 0 N–H and O–H groups in total. The van der Waals surface area contributed by atoms with Crippen LogP contribution in [0.1, 0.15) is 20.3 Å². The Bertz CT molecular complexity index is 712. The number of benzene rings is 1. The van der Waals surface area contributed by atoms with Gasteiger partial charge >= 0.3 is 0 Å². The molecule has 3 rings (SSSR count). The molecular formula is C19H25N3O4. The maximum Gasteiger partial charge on any atom is 0.245 e. The lowest BCUT2D eigenvalue weighted by Crippen LogP contribution is -2.55. The van der Waals surface area contributed by atoms with Crippen molar-refractivity contribution in [3.8, 4) is 5.75 Å². The Morgan fingerprint density at radius 1 is 1.19 bits per heavy atom. The van der Waals surface area contributed by atoms with Crippen molar-refractivity contribution in [1.82, 2.24) is 9.80 Å². The summed E-state index contributed by atoms with van der Waals surface area (Å²) < 4.78 is 5.26. The van der Waals surface area contributed by atoms with Crippen LogP contribution < -0.4 is 9.64 Å². The molecular weight excluding hydrogens is 334 g/mol. The summed E-state index contributed by atoms with van der Waals surface area (Å²) in [5.74, 6) is -0.187. The Hall–Kier alpha value is -2.57. The minimum Gasteiger partial charge on any atom is -0.497 e. The largest absolute Gasteiger partial charge is 0.497 e. The van der Waals surface area contributed by atoms with E-state index < -0.39 is 6.04 Å². The van der Waals surface area contributed by atoms with Gasteiger partial charge in [0.25, 0.3) is 0 Å². The zero-order valence-corrected chi connectivity index (χ0v) is 15.5. The molecule has 0 aromatic heterocycles.